The Labute approximate surface area is 207 Å². The van der Waals surface area contributed by atoms with E-state index in [0.717, 1.165) is 70.4 Å². The summed E-state index contributed by atoms with van der Waals surface area (Å²) in [5, 5.41) is 7.06. The number of aromatic nitrogens is 2. The number of hydrogen-bond acceptors (Lipinski definition) is 7. The first-order chi connectivity index (χ1) is 16.7. The van der Waals surface area contributed by atoms with E-state index in [1.165, 1.54) is 24.9 Å². The third-order valence-corrected chi connectivity index (χ3v) is 7.09. The molecule has 8 nitrogen and oxygen atoms in total. The molecule has 3 aliphatic rings. The van der Waals surface area contributed by atoms with Crippen LogP contribution in [-0.4, -0.2) is 73.6 Å². The standard InChI is InChI=1S/C25H35N7OS/c34-25(26-19-21-10-7-17-33-21)29-24-27-22(31-11-5-2-6-12-31)18-23(28-24)32-15-13-30(14-16-32)20-8-3-1-4-9-20/h1,3-4,8-9,18,21H,2,5-7,10-17,19H2,(H2,26,27,28,29,34). The van der Waals surface area contributed by atoms with Gasteiger partial charge in [0.05, 0.1) is 6.10 Å². The van der Waals surface area contributed by atoms with Gasteiger partial charge >= 0.3 is 0 Å². The van der Waals surface area contributed by atoms with Gasteiger partial charge in [-0.15, -0.1) is 0 Å². The van der Waals surface area contributed by atoms with Crippen LogP contribution in [0.15, 0.2) is 36.4 Å². The van der Waals surface area contributed by atoms with Crippen molar-refractivity contribution in [3.8, 4) is 0 Å². The van der Waals surface area contributed by atoms with E-state index in [4.69, 9.17) is 26.9 Å². The van der Waals surface area contributed by atoms with Gasteiger partial charge in [-0.1, -0.05) is 18.2 Å². The number of anilines is 4. The molecule has 0 saturated carbocycles. The minimum atomic E-state index is 0.233. The van der Waals surface area contributed by atoms with Crippen LogP contribution in [0.5, 0.6) is 0 Å². The van der Waals surface area contributed by atoms with Crippen molar-refractivity contribution in [3.05, 3.63) is 36.4 Å². The van der Waals surface area contributed by atoms with Crippen LogP contribution in [0.3, 0.4) is 0 Å². The van der Waals surface area contributed by atoms with Crippen molar-refractivity contribution in [2.75, 3.05) is 72.4 Å². The van der Waals surface area contributed by atoms with Crippen LogP contribution in [0.25, 0.3) is 0 Å². The van der Waals surface area contributed by atoms with Crippen LogP contribution in [-0.2, 0) is 4.74 Å². The molecule has 1 unspecified atom stereocenters. The molecule has 2 N–H and O–H groups in total. The lowest BCUT2D eigenvalue weighted by Crippen LogP contribution is -2.47. The van der Waals surface area contributed by atoms with Crippen molar-refractivity contribution < 1.29 is 4.74 Å². The third-order valence-electron chi connectivity index (χ3n) is 6.84. The number of nitrogens with zero attached hydrogens (tertiary/aromatic N) is 5. The first-order valence-corrected chi connectivity index (χ1v) is 13.0. The van der Waals surface area contributed by atoms with E-state index in [9.17, 15) is 0 Å². The van der Waals surface area contributed by atoms with Crippen LogP contribution in [0, 0.1) is 0 Å². The lowest BCUT2D eigenvalue weighted by atomic mass is 10.1. The molecule has 0 radical (unpaired) electrons. The minimum Gasteiger partial charge on any atom is -0.376 e. The van der Waals surface area contributed by atoms with Gasteiger partial charge in [0.25, 0.3) is 0 Å². The monoisotopic (exact) mass is 481 g/mol. The summed E-state index contributed by atoms with van der Waals surface area (Å²) in [6.07, 6.45) is 6.14. The number of benzene rings is 1. The SMILES string of the molecule is S=C(NCC1CCCO1)Nc1nc(N2CCCCC2)cc(N2CCN(c3ccccc3)CC2)n1. The molecule has 3 saturated heterocycles. The first-order valence-electron chi connectivity index (χ1n) is 12.6. The molecule has 0 bridgehead atoms. The van der Waals surface area contributed by atoms with Gasteiger partial charge in [-0.05, 0) is 56.5 Å². The van der Waals surface area contributed by atoms with Gasteiger partial charge in [0.1, 0.15) is 11.6 Å². The van der Waals surface area contributed by atoms with E-state index in [-0.39, 0.29) is 6.10 Å². The fourth-order valence-electron chi connectivity index (χ4n) is 4.92. The van der Waals surface area contributed by atoms with E-state index >= 15 is 0 Å². The highest BCUT2D eigenvalue weighted by molar-refractivity contribution is 7.80. The van der Waals surface area contributed by atoms with Crippen LogP contribution in [0.1, 0.15) is 32.1 Å². The molecule has 9 heteroatoms. The van der Waals surface area contributed by atoms with Crippen molar-refractivity contribution in [1.29, 1.82) is 0 Å². The maximum absolute atomic E-state index is 5.69. The molecule has 1 aromatic carbocycles. The van der Waals surface area contributed by atoms with E-state index in [1.54, 1.807) is 0 Å². The molecule has 5 rings (SSSR count). The number of hydrogen-bond donors (Lipinski definition) is 2. The van der Waals surface area contributed by atoms with Crippen molar-refractivity contribution in [2.24, 2.45) is 0 Å². The Bertz CT molecular complexity index is 940. The predicted octanol–water partition coefficient (Wildman–Crippen LogP) is 3.26. The summed E-state index contributed by atoms with van der Waals surface area (Å²) >= 11 is 5.55. The normalized spacial score (nSPS) is 20.9. The molecule has 1 atom stereocenters. The van der Waals surface area contributed by atoms with Gasteiger partial charge in [-0.25, -0.2) is 0 Å². The first kappa shape index (κ1) is 23.1. The summed E-state index contributed by atoms with van der Waals surface area (Å²) in [7, 11) is 0. The Morgan fingerprint density at radius 2 is 1.56 bits per heavy atom. The van der Waals surface area contributed by atoms with Crippen molar-refractivity contribution >= 4 is 40.6 Å². The molecular weight excluding hydrogens is 446 g/mol. The Hall–Kier alpha value is -2.65. The lowest BCUT2D eigenvalue weighted by molar-refractivity contribution is 0.114. The molecule has 34 heavy (non-hydrogen) atoms. The van der Waals surface area contributed by atoms with Gasteiger partial charge in [0.2, 0.25) is 5.95 Å². The average Bonchev–Trinajstić information content (AvgIpc) is 3.42. The molecule has 0 spiro atoms. The molecule has 3 aliphatic heterocycles. The minimum absolute atomic E-state index is 0.233. The van der Waals surface area contributed by atoms with Gasteiger partial charge < -0.3 is 30.1 Å². The molecular formula is C25H35N7OS. The van der Waals surface area contributed by atoms with Crippen molar-refractivity contribution in [3.63, 3.8) is 0 Å². The van der Waals surface area contributed by atoms with Gasteiger partial charge in [0, 0.05) is 64.2 Å². The van der Waals surface area contributed by atoms with E-state index in [0.29, 0.717) is 17.6 Å². The zero-order chi connectivity index (χ0) is 23.2. The van der Waals surface area contributed by atoms with Crippen LogP contribution >= 0.6 is 12.2 Å². The Balaban J connectivity index is 1.28. The van der Waals surface area contributed by atoms with Crippen molar-refractivity contribution in [1.82, 2.24) is 15.3 Å². The van der Waals surface area contributed by atoms with Crippen LogP contribution in [0.2, 0.25) is 0 Å². The van der Waals surface area contributed by atoms with Gasteiger partial charge in [-0.2, -0.15) is 9.97 Å². The van der Waals surface area contributed by atoms with Crippen LogP contribution in [0.4, 0.5) is 23.3 Å². The highest BCUT2D eigenvalue weighted by Crippen LogP contribution is 2.26. The highest BCUT2D eigenvalue weighted by Gasteiger charge is 2.22. The van der Waals surface area contributed by atoms with E-state index in [1.807, 2.05) is 0 Å². The topological polar surface area (TPSA) is 68.8 Å². The number of para-hydroxylation sites is 1. The van der Waals surface area contributed by atoms with E-state index < -0.39 is 0 Å². The molecule has 4 heterocycles. The van der Waals surface area contributed by atoms with E-state index in [2.05, 4.69) is 61.7 Å². The van der Waals surface area contributed by atoms with Gasteiger partial charge in [-0.3, -0.25) is 0 Å². The summed E-state index contributed by atoms with van der Waals surface area (Å²) in [6.45, 7) is 7.42. The lowest BCUT2D eigenvalue weighted by Gasteiger charge is -2.37. The number of piperazine rings is 1. The second kappa shape index (κ2) is 11.2. The Kier molecular flexibility index (Phi) is 7.60. The summed E-state index contributed by atoms with van der Waals surface area (Å²) in [5.74, 6) is 2.51. The number of ether oxygens (including phenoxy) is 1. The largest absolute Gasteiger partial charge is 0.376 e. The van der Waals surface area contributed by atoms with Crippen molar-refractivity contribution in [2.45, 2.75) is 38.2 Å². The summed E-state index contributed by atoms with van der Waals surface area (Å²) < 4.78 is 5.69. The molecule has 182 valence electrons. The summed E-state index contributed by atoms with van der Waals surface area (Å²) in [5.41, 5.74) is 1.28. The number of rotatable bonds is 6. The second-order valence-electron chi connectivity index (χ2n) is 9.24. The second-order valence-corrected chi connectivity index (χ2v) is 9.64. The zero-order valence-electron chi connectivity index (χ0n) is 19.8. The molecule has 2 aromatic rings. The van der Waals surface area contributed by atoms with Gasteiger partial charge in [0.15, 0.2) is 5.11 Å². The smallest absolute Gasteiger partial charge is 0.232 e. The maximum Gasteiger partial charge on any atom is 0.232 e. The summed E-state index contributed by atoms with van der Waals surface area (Å²) in [6, 6.07) is 12.8. The summed E-state index contributed by atoms with van der Waals surface area (Å²) in [4.78, 5) is 16.9. The average molecular weight is 482 g/mol. The maximum atomic E-state index is 5.69. The molecule has 1 aromatic heterocycles. The Morgan fingerprint density at radius 3 is 2.24 bits per heavy atom. The van der Waals surface area contributed by atoms with Crippen LogP contribution < -0.4 is 25.3 Å². The molecule has 0 amide bonds. The zero-order valence-corrected chi connectivity index (χ0v) is 20.6. The highest BCUT2D eigenvalue weighted by atomic mass is 32.1. The Morgan fingerprint density at radius 1 is 0.882 bits per heavy atom. The number of nitrogens with one attached hydrogen (secondary N) is 2. The fourth-order valence-corrected chi connectivity index (χ4v) is 5.09. The fraction of sp³-hybridized carbons (Fsp3) is 0.560. The molecule has 3 fully saturated rings. The quantitative estimate of drug-likeness (QED) is 0.605. The number of piperidine rings is 1. The molecule has 0 aliphatic carbocycles. The third kappa shape index (κ3) is 5.88. The number of thiocarbonyl (C=S) groups is 1. The predicted molar refractivity (Wildman–Crippen MR) is 142 cm³/mol.